The lowest BCUT2D eigenvalue weighted by molar-refractivity contribution is 0.505. The van der Waals surface area contributed by atoms with E-state index in [1.165, 1.54) is 6.07 Å². The molecule has 0 aliphatic heterocycles. The van der Waals surface area contributed by atoms with E-state index in [-0.39, 0.29) is 6.04 Å². The molecule has 3 aromatic rings. The molecular weight excluding hydrogens is 278 g/mol. The Morgan fingerprint density at radius 3 is 2.70 bits per heavy atom. The molecule has 3 rings (SSSR count). The summed E-state index contributed by atoms with van der Waals surface area (Å²) in [7, 11) is 1.78. The van der Waals surface area contributed by atoms with Gasteiger partial charge in [0.25, 0.3) is 0 Å². The van der Waals surface area contributed by atoms with Crippen LogP contribution in [0.2, 0.25) is 0 Å². The van der Waals surface area contributed by atoms with Crippen LogP contribution in [0.1, 0.15) is 17.2 Å². The van der Waals surface area contributed by atoms with E-state index in [4.69, 9.17) is 0 Å². The van der Waals surface area contributed by atoms with Crippen molar-refractivity contribution in [3.63, 3.8) is 0 Å². The summed E-state index contributed by atoms with van der Waals surface area (Å²) in [6.07, 6.45) is 1.76. The summed E-state index contributed by atoms with van der Waals surface area (Å²) in [5, 5.41) is 5.09. The molecule has 0 fully saturated rings. The molecule has 0 bridgehead atoms. The number of nitrogens with zero attached hydrogens (tertiary/aromatic N) is 1. The standard InChI is InChI=1S/C15H12F2N2S/c1-18-15(9-2-3-11(16)12(17)6-9)10-7-14-13(19-8-10)4-5-20-14/h2-8,15,18H,1H3. The minimum atomic E-state index is -0.840. The fourth-order valence-electron chi connectivity index (χ4n) is 2.24. The van der Waals surface area contributed by atoms with Crippen molar-refractivity contribution in [1.29, 1.82) is 0 Å². The zero-order chi connectivity index (χ0) is 14.1. The number of hydrogen-bond donors (Lipinski definition) is 1. The van der Waals surface area contributed by atoms with Crippen LogP contribution in [0.4, 0.5) is 8.78 Å². The fourth-order valence-corrected chi connectivity index (χ4v) is 3.03. The SMILES string of the molecule is CNC(c1ccc(F)c(F)c1)c1cnc2ccsc2c1. The molecule has 2 nitrogen and oxygen atoms in total. The van der Waals surface area contributed by atoms with E-state index in [9.17, 15) is 8.78 Å². The first-order valence-electron chi connectivity index (χ1n) is 6.14. The predicted molar refractivity (Wildman–Crippen MR) is 76.9 cm³/mol. The maximum atomic E-state index is 13.4. The van der Waals surface area contributed by atoms with Gasteiger partial charge in [0.05, 0.1) is 16.3 Å². The summed E-state index contributed by atoms with van der Waals surface area (Å²) >= 11 is 1.61. The molecule has 2 heterocycles. The molecular formula is C15H12F2N2S. The second-order valence-corrected chi connectivity index (χ2v) is 5.42. The Kier molecular flexibility index (Phi) is 3.46. The maximum absolute atomic E-state index is 13.4. The zero-order valence-electron chi connectivity index (χ0n) is 10.7. The number of aromatic nitrogens is 1. The highest BCUT2D eigenvalue weighted by Gasteiger charge is 2.15. The Balaban J connectivity index is 2.05. The molecule has 0 radical (unpaired) electrons. The van der Waals surface area contributed by atoms with Gasteiger partial charge < -0.3 is 5.32 Å². The van der Waals surface area contributed by atoms with E-state index in [0.717, 1.165) is 21.8 Å². The average molecular weight is 290 g/mol. The molecule has 20 heavy (non-hydrogen) atoms. The van der Waals surface area contributed by atoms with Crippen LogP contribution in [0.25, 0.3) is 10.2 Å². The van der Waals surface area contributed by atoms with Gasteiger partial charge in [-0.3, -0.25) is 4.98 Å². The monoisotopic (exact) mass is 290 g/mol. The molecule has 2 aromatic heterocycles. The van der Waals surface area contributed by atoms with Gasteiger partial charge in [0.2, 0.25) is 0 Å². The highest BCUT2D eigenvalue weighted by Crippen LogP contribution is 2.27. The molecule has 0 aliphatic carbocycles. The summed E-state index contributed by atoms with van der Waals surface area (Å²) in [6.45, 7) is 0. The number of halogens is 2. The lowest BCUT2D eigenvalue weighted by atomic mass is 10.00. The first kappa shape index (κ1) is 13.1. The van der Waals surface area contributed by atoms with Crippen LogP contribution in [0.15, 0.2) is 41.9 Å². The van der Waals surface area contributed by atoms with Crippen LogP contribution in [-0.4, -0.2) is 12.0 Å². The lowest BCUT2D eigenvalue weighted by Crippen LogP contribution is -2.18. The van der Waals surface area contributed by atoms with Crippen LogP contribution < -0.4 is 5.32 Å². The van der Waals surface area contributed by atoms with Crippen molar-refractivity contribution in [2.75, 3.05) is 7.05 Å². The summed E-state index contributed by atoms with van der Waals surface area (Å²) in [6, 6.07) is 7.70. The van der Waals surface area contributed by atoms with Crippen LogP contribution in [0.5, 0.6) is 0 Å². The first-order valence-corrected chi connectivity index (χ1v) is 7.02. The van der Waals surface area contributed by atoms with Gasteiger partial charge in [-0.2, -0.15) is 0 Å². The number of fused-ring (bicyclic) bond motifs is 1. The fraction of sp³-hybridized carbons (Fsp3) is 0.133. The maximum Gasteiger partial charge on any atom is 0.159 e. The molecule has 5 heteroatoms. The van der Waals surface area contributed by atoms with E-state index < -0.39 is 11.6 Å². The molecule has 102 valence electrons. The second-order valence-electron chi connectivity index (χ2n) is 4.47. The highest BCUT2D eigenvalue weighted by atomic mass is 32.1. The summed E-state index contributed by atoms with van der Waals surface area (Å²) in [4.78, 5) is 4.38. The van der Waals surface area contributed by atoms with E-state index in [1.807, 2.05) is 17.5 Å². The van der Waals surface area contributed by atoms with E-state index in [0.29, 0.717) is 5.56 Å². The number of thiophene rings is 1. The minimum Gasteiger partial charge on any atom is -0.309 e. The molecule has 1 aromatic carbocycles. The normalized spacial score (nSPS) is 12.8. The molecule has 0 saturated carbocycles. The Morgan fingerprint density at radius 1 is 1.10 bits per heavy atom. The van der Waals surface area contributed by atoms with Crippen LogP contribution in [0, 0.1) is 11.6 Å². The quantitative estimate of drug-likeness (QED) is 0.791. The van der Waals surface area contributed by atoms with Crippen LogP contribution >= 0.6 is 11.3 Å². The molecule has 0 amide bonds. The van der Waals surface area contributed by atoms with Gasteiger partial charge in [0.15, 0.2) is 11.6 Å². The molecule has 0 spiro atoms. The number of hydrogen-bond acceptors (Lipinski definition) is 3. The summed E-state index contributed by atoms with van der Waals surface area (Å²) in [5.74, 6) is -1.68. The van der Waals surface area contributed by atoms with Gasteiger partial charge in [-0.05, 0) is 47.8 Å². The Hall–Kier alpha value is -1.85. The number of benzene rings is 1. The summed E-state index contributed by atoms with van der Waals surface area (Å²) in [5.41, 5.74) is 2.54. The molecule has 1 unspecified atom stereocenters. The Labute approximate surface area is 119 Å². The van der Waals surface area contributed by atoms with E-state index in [2.05, 4.69) is 10.3 Å². The van der Waals surface area contributed by atoms with Gasteiger partial charge in [-0.15, -0.1) is 11.3 Å². The van der Waals surface area contributed by atoms with Crippen molar-refractivity contribution < 1.29 is 8.78 Å². The average Bonchev–Trinajstić information content (AvgIpc) is 2.91. The third-order valence-electron chi connectivity index (χ3n) is 3.22. The zero-order valence-corrected chi connectivity index (χ0v) is 11.5. The number of rotatable bonds is 3. The van der Waals surface area contributed by atoms with E-state index in [1.54, 1.807) is 30.6 Å². The van der Waals surface area contributed by atoms with E-state index >= 15 is 0 Å². The Morgan fingerprint density at radius 2 is 1.95 bits per heavy atom. The smallest absolute Gasteiger partial charge is 0.159 e. The van der Waals surface area contributed by atoms with Crippen molar-refractivity contribution >= 4 is 21.6 Å². The predicted octanol–water partition coefficient (Wildman–Crippen LogP) is 3.88. The number of nitrogens with one attached hydrogen (secondary N) is 1. The second kappa shape index (κ2) is 5.26. The van der Waals surface area contributed by atoms with Crippen molar-refractivity contribution in [1.82, 2.24) is 10.3 Å². The van der Waals surface area contributed by atoms with Crippen molar-refractivity contribution in [2.24, 2.45) is 0 Å². The van der Waals surface area contributed by atoms with Gasteiger partial charge in [-0.1, -0.05) is 6.07 Å². The molecule has 0 saturated heterocycles. The van der Waals surface area contributed by atoms with Gasteiger partial charge in [0.1, 0.15) is 0 Å². The largest absolute Gasteiger partial charge is 0.309 e. The van der Waals surface area contributed by atoms with Crippen LogP contribution in [-0.2, 0) is 0 Å². The lowest BCUT2D eigenvalue weighted by Gasteiger charge is -2.17. The van der Waals surface area contributed by atoms with Gasteiger partial charge in [0, 0.05) is 6.20 Å². The topological polar surface area (TPSA) is 24.9 Å². The third-order valence-corrected chi connectivity index (χ3v) is 4.08. The van der Waals surface area contributed by atoms with Crippen LogP contribution in [0.3, 0.4) is 0 Å². The van der Waals surface area contributed by atoms with Gasteiger partial charge in [-0.25, -0.2) is 8.78 Å². The third kappa shape index (κ3) is 2.30. The minimum absolute atomic E-state index is 0.218. The summed E-state index contributed by atoms with van der Waals surface area (Å²) < 4.78 is 27.5. The molecule has 1 N–H and O–H groups in total. The van der Waals surface area contributed by atoms with Crippen molar-refractivity contribution in [3.05, 3.63) is 64.7 Å². The first-order chi connectivity index (χ1) is 9.69. The van der Waals surface area contributed by atoms with Crippen molar-refractivity contribution in [2.45, 2.75) is 6.04 Å². The Bertz CT molecular complexity index is 754. The van der Waals surface area contributed by atoms with Gasteiger partial charge >= 0.3 is 0 Å². The van der Waals surface area contributed by atoms with Crippen molar-refractivity contribution in [3.8, 4) is 0 Å². The molecule has 1 atom stereocenters. The molecule has 0 aliphatic rings. The highest BCUT2D eigenvalue weighted by molar-refractivity contribution is 7.17. The number of pyridine rings is 1.